The van der Waals surface area contributed by atoms with Crippen LogP contribution in [0, 0.1) is 5.82 Å². The molecule has 6 heteroatoms. The number of thioether (sulfide) groups is 1. The third-order valence-electron chi connectivity index (χ3n) is 4.33. The zero-order chi connectivity index (χ0) is 16.0. The highest BCUT2D eigenvalue weighted by molar-refractivity contribution is 8.00. The van der Waals surface area contributed by atoms with E-state index in [1.807, 2.05) is 6.92 Å². The van der Waals surface area contributed by atoms with E-state index in [0.717, 1.165) is 11.0 Å². The molecule has 4 nitrogen and oxygen atoms in total. The van der Waals surface area contributed by atoms with Gasteiger partial charge in [0.05, 0.1) is 5.25 Å². The summed E-state index contributed by atoms with van der Waals surface area (Å²) in [5.74, 6) is 1.31. The maximum Gasteiger partial charge on any atom is 0.192 e. The molecule has 2 aliphatic rings. The van der Waals surface area contributed by atoms with Crippen molar-refractivity contribution in [2.45, 2.75) is 55.0 Å². The van der Waals surface area contributed by atoms with E-state index in [1.165, 1.54) is 61.7 Å². The second-order valence-electron chi connectivity index (χ2n) is 6.35. The molecule has 2 saturated carbocycles. The summed E-state index contributed by atoms with van der Waals surface area (Å²) >= 11 is 1.46. The standard InChI is InChI=1S/C17H18FN3OS/c1-10(15(22)11-4-6-13(18)7-5-11)23-17-20-19-16(12-2-3-12)21(17)14-8-9-14/h4-7,10,12,14H,2-3,8-9H2,1H3/t10-/m0/s1. The Kier molecular flexibility index (Phi) is 3.71. The molecule has 0 amide bonds. The number of hydrogen-bond acceptors (Lipinski definition) is 4. The highest BCUT2D eigenvalue weighted by atomic mass is 32.2. The highest BCUT2D eigenvalue weighted by Crippen LogP contribution is 2.46. The van der Waals surface area contributed by atoms with Gasteiger partial charge in [-0.3, -0.25) is 4.79 Å². The molecule has 2 aliphatic carbocycles. The molecule has 0 N–H and O–H groups in total. The lowest BCUT2D eigenvalue weighted by atomic mass is 10.1. The van der Waals surface area contributed by atoms with Crippen molar-refractivity contribution in [2.75, 3.05) is 0 Å². The Hall–Kier alpha value is -1.69. The number of halogens is 1. The van der Waals surface area contributed by atoms with Gasteiger partial charge in [0.25, 0.3) is 0 Å². The quantitative estimate of drug-likeness (QED) is 0.593. The number of benzene rings is 1. The molecule has 0 spiro atoms. The van der Waals surface area contributed by atoms with Gasteiger partial charge >= 0.3 is 0 Å². The van der Waals surface area contributed by atoms with Gasteiger partial charge in [-0.25, -0.2) is 4.39 Å². The van der Waals surface area contributed by atoms with Crippen molar-refractivity contribution < 1.29 is 9.18 Å². The Morgan fingerprint density at radius 1 is 1.22 bits per heavy atom. The van der Waals surface area contributed by atoms with E-state index >= 15 is 0 Å². The van der Waals surface area contributed by atoms with Crippen LogP contribution in [-0.4, -0.2) is 25.8 Å². The maximum absolute atomic E-state index is 13.0. The molecule has 0 bridgehead atoms. The van der Waals surface area contributed by atoms with Crippen molar-refractivity contribution >= 4 is 17.5 Å². The second-order valence-corrected chi connectivity index (χ2v) is 7.66. The average molecular weight is 331 g/mol. The summed E-state index contributed by atoms with van der Waals surface area (Å²) in [6.07, 6.45) is 4.73. The smallest absolute Gasteiger partial charge is 0.192 e. The number of aromatic nitrogens is 3. The summed E-state index contributed by atoms with van der Waals surface area (Å²) in [6.45, 7) is 1.87. The Morgan fingerprint density at radius 3 is 2.52 bits per heavy atom. The number of ketones is 1. The minimum Gasteiger partial charge on any atom is -0.303 e. The molecule has 1 atom stereocenters. The number of nitrogens with zero attached hydrogens (tertiary/aromatic N) is 3. The third kappa shape index (κ3) is 3.04. The Balaban J connectivity index is 1.53. The summed E-state index contributed by atoms with van der Waals surface area (Å²) in [7, 11) is 0. The van der Waals surface area contributed by atoms with Crippen LogP contribution in [-0.2, 0) is 0 Å². The largest absolute Gasteiger partial charge is 0.303 e. The molecule has 2 fully saturated rings. The average Bonchev–Trinajstić information content (AvgIpc) is 3.46. The first-order valence-electron chi connectivity index (χ1n) is 8.04. The van der Waals surface area contributed by atoms with Crippen LogP contribution in [0.2, 0.25) is 0 Å². The van der Waals surface area contributed by atoms with Gasteiger partial charge in [-0.05, 0) is 56.9 Å². The van der Waals surface area contributed by atoms with Gasteiger partial charge in [-0.2, -0.15) is 0 Å². The molecule has 1 heterocycles. The van der Waals surface area contributed by atoms with E-state index in [2.05, 4.69) is 14.8 Å². The number of Topliss-reactive ketones (excluding diaryl/α,β-unsaturated/α-hetero) is 1. The topological polar surface area (TPSA) is 47.8 Å². The number of carbonyl (C=O) groups excluding carboxylic acids is 1. The van der Waals surface area contributed by atoms with Crippen LogP contribution in [0.3, 0.4) is 0 Å². The fraction of sp³-hybridized carbons (Fsp3) is 0.471. The molecular formula is C17H18FN3OS. The molecule has 4 rings (SSSR count). The van der Waals surface area contributed by atoms with Crippen molar-refractivity contribution in [3.05, 3.63) is 41.5 Å². The molecule has 2 aromatic rings. The normalized spacial score (nSPS) is 18.9. The van der Waals surface area contributed by atoms with Crippen LogP contribution >= 0.6 is 11.8 Å². The summed E-state index contributed by atoms with van der Waals surface area (Å²) in [4.78, 5) is 12.5. The Bertz CT molecular complexity index is 735. The zero-order valence-electron chi connectivity index (χ0n) is 12.9. The summed E-state index contributed by atoms with van der Waals surface area (Å²) < 4.78 is 15.2. The van der Waals surface area contributed by atoms with Crippen molar-refractivity contribution in [1.82, 2.24) is 14.8 Å². The van der Waals surface area contributed by atoms with Crippen molar-refractivity contribution in [3.8, 4) is 0 Å². The van der Waals surface area contributed by atoms with Crippen LogP contribution in [0.25, 0.3) is 0 Å². The van der Waals surface area contributed by atoms with Crippen molar-refractivity contribution in [1.29, 1.82) is 0 Å². The van der Waals surface area contributed by atoms with Crippen molar-refractivity contribution in [2.24, 2.45) is 0 Å². The molecule has 23 heavy (non-hydrogen) atoms. The predicted octanol–water partition coefficient (Wildman–Crippen LogP) is 3.99. The molecule has 0 aliphatic heterocycles. The Morgan fingerprint density at radius 2 is 1.91 bits per heavy atom. The fourth-order valence-corrected chi connectivity index (χ4v) is 3.73. The van der Waals surface area contributed by atoms with Crippen LogP contribution in [0.5, 0.6) is 0 Å². The molecule has 0 radical (unpaired) electrons. The van der Waals surface area contributed by atoms with Crippen LogP contribution in [0.15, 0.2) is 29.4 Å². The lowest BCUT2D eigenvalue weighted by molar-refractivity contribution is 0.0994. The molecular weight excluding hydrogens is 313 g/mol. The van der Waals surface area contributed by atoms with Crippen LogP contribution in [0.1, 0.15) is 60.7 Å². The predicted molar refractivity (Wildman–Crippen MR) is 86.3 cm³/mol. The van der Waals surface area contributed by atoms with Crippen molar-refractivity contribution in [3.63, 3.8) is 0 Å². The number of carbonyl (C=O) groups is 1. The van der Waals surface area contributed by atoms with Gasteiger partial charge in [0.15, 0.2) is 10.9 Å². The Labute approximate surface area is 138 Å². The van der Waals surface area contributed by atoms with E-state index in [0.29, 0.717) is 17.5 Å². The minimum atomic E-state index is -0.329. The van der Waals surface area contributed by atoms with E-state index in [-0.39, 0.29) is 16.9 Å². The summed E-state index contributed by atoms with van der Waals surface area (Å²) in [5, 5.41) is 9.28. The van der Waals surface area contributed by atoms with Crippen LogP contribution in [0.4, 0.5) is 4.39 Å². The van der Waals surface area contributed by atoms with E-state index in [4.69, 9.17) is 0 Å². The first-order chi connectivity index (χ1) is 11.1. The minimum absolute atomic E-state index is 0.00619. The molecule has 0 unspecified atom stereocenters. The van der Waals surface area contributed by atoms with Gasteiger partial charge < -0.3 is 4.57 Å². The first-order valence-corrected chi connectivity index (χ1v) is 8.92. The van der Waals surface area contributed by atoms with E-state index in [1.54, 1.807) is 0 Å². The second kappa shape index (κ2) is 5.74. The first kappa shape index (κ1) is 14.9. The zero-order valence-corrected chi connectivity index (χ0v) is 13.7. The SMILES string of the molecule is C[C@H](Sc1nnc(C2CC2)n1C1CC1)C(=O)c1ccc(F)cc1. The highest BCUT2D eigenvalue weighted by Gasteiger charge is 2.37. The van der Waals surface area contributed by atoms with Gasteiger partial charge in [-0.15, -0.1) is 10.2 Å². The molecule has 120 valence electrons. The molecule has 0 saturated heterocycles. The number of rotatable bonds is 6. The maximum atomic E-state index is 13.0. The third-order valence-corrected chi connectivity index (χ3v) is 5.38. The van der Waals surface area contributed by atoms with E-state index < -0.39 is 0 Å². The molecule has 1 aromatic heterocycles. The lowest BCUT2D eigenvalue weighted by Crippen LogP contribution is -2.15. The summed E-state index contributed by atoms with van der Waals surface area (Å²) in [5.41, 5.74) is 0.534. The monoisotopic (exact) mass is 331 g/mol. The summed E-state index contributed by atoms with van der Waals surface area (Å²) in [6, 6.07) is 6.23. The van der Waals surface area contributed by atoms with E-state index in [9.17, 15) is 9.18 Å². The van der Waals surface area contributed by atoms with Crippen LogP contribution < -0.4 is 0 Å². The van der Waals surface area contributed by atoms with Gasteiger partial charge in [0, 0.05) is 17.5 Å². The number of hydrogen-bond donors (Lipinski definition) is 0. The fourth-order valence-electron chi connectivity index (χ4n) is 2.73. The lowest BCUT2D eigenvalue weighted by Gasteiger charge is -2.12. The molecule has 1 aromatic carbocycles. The van der Waals surface area contributed by atoms with Gasteiger partial charge in [0.2, 0.25) is 0 Å². The van der Waals surface area contributed by atoms with Gasteiger partial charge in [-0.1, -0.05) is 11.8 Å². The van der Waals surface area contributed by atoms with Gasteiger partial charge in [0.1, 0.15) is 11.6 Å².